The number of carbonyl (C=O) groups excluding carboxylic acids is 2. The van der Waals surface area contributed by atoms with E-state index in [1.165, 1.54) is 0 Å². The van der Waals surface area contributed by atoms with Crippen LogP contribution >= 0.6 is 0 Å². The average Bonchev–Trinajstić information content (AvgIpc) is 2.66. The molecule has 0 spiro atoms. The minimum absolute atomic E-state index is 0.159. The van der Waals surface area contributed by atoms with Crippen molar-refractivity contribution in [1.29, 1.82) is 0 Å². The summed E-state index contributed by atoms with van der Waals surface area (Å²) in [5, 5.41) is 11.5. The van der Waals surface area contributed by atoms with Gasteiger partial charge in [0.2, 0.25) is 0 Å². The minimum Gasteiger partial charge on any atom is -0.508 e. The first kappa shape index (κ1) is 10.5. The van der Waals surface area contributed by atoms with Gasteiger partial charge in [0.15, 0.2) is 0 Å². The lowest BCUT2D eigenvalue weighted by Gasteiger charge is -2.05. The fourth-order valence-electron chi connectivity index (χ4n) is 2.10. The lowest BCUT2D eigenvalue weighted by molar-refractivity contribution is 0.0880. The summed E-state index contributed by atoms with van der Waals surface area (Å²) >= 11 is 0. The third-order valence-electron chi connectivity index (χ3n) is 2.94. The summed E-state index contributed by atoms with van der Waals surface area (Å²) in [6.07, 6.45) is 0. The fourth-order valence-corrected chi connectivity index (χ4v) is 2.10. The summed E-state index contributed by atoms with van der Waals surface area (Å²) < 4.78 is 0. The number of nitrogens with one attached hydrogen (secondary N) is 1. The Kier molecular flexibility index (Phi) is 2.16. The summed E-state index contributed by atoms with van der Waals surface area (Å²) in [6.45, 7) is 0. The fraction of sp³-hybridized carbons (Fsp3) is 0. The molecule has 2 aromatic carbocycles. The molecule has 0 radical (unpaired) electrons. The molecule has 4 nitrogen and oxygen atoms in total. The van der Waals surface area contributed by atoms with Gasteiger partial charge in [-0.05, 0) is 29.3 Å². The highest BCUT2D eigenvalue weighted by atomic mass is 16.3. The van der Waals surface area contributed by atoms with Crippen LogP contribution in [0, 0.1) is 0 Å². The van der Waals surface area contributed by atoms with E-state index in [1.807, 2.05) is 0 Å². The molecule has 1 aliphatic heterocycles. The molecule has 1 aliphatic rings. The molecule has 2 aromatic rings. The van der Waals surface area contributed by atoms with Crippen molar-refractivity contribution in [3.05, 3.63) is 53.6 Å². The largest absolute Gasteiger partial charge is 0.508 e. The van der Waals surface area contributed by atoms with Gasteiger partial charge in [0.1, 0.15) is 5.75 Å². The number of benzene rings is 2. The molecule has 0 aliphatic carbocycles. The standard InChI is InChI=1S/C14H9NO3/c16-9-6-4-8(5-7-9)10-2-1-3-11-12(10)14(18)15-13(11)17/h1-7,16H,(H,15,17,18). The molecule has 18 heavy (non-hydrogen) atoms. The van der Waals surface area contributed by atoms with E-state index in [0.717, 1.165) is 5.56 Å². The topological polar surface area (TPSA) is 66.4 Å². The van der Waals surface area contributed by atoms with E-state index in [0.29, 0.717) is 16.7 Å². The number of hydrogen-bond donors (Lipinski definition) is 2. The van der Waals surface area contributed by atoms with Gasteiger partial charge in [0.05, 0.1) is 11.1 Å². The van der Waals surface area contributed by atoms with Gasteiger partial charge >= 0.3 is 0 Å². The maximum absolute atomic E-state index is 11.8. The Hall–Kier alpha value is -2.62. The first-order valence-electron chi connectivity index (χ1n) is 5.45. The zero-order valence-corrected chi connectivity index (χ0v) is 9.31. The highest BCUT2D eigenvalue weighted by Gasteiger charge is 2.29. The smallest absolute Gasteiger partial charge is 0.259 e. The lowest BCUT2D eigenvalue weighted by Crippen LogP contribution is -2.20. The summed E-state index contributed by atoms with van der Waals surface area (Å²) in [6, 6.07) is 11.6. The summed E-state index contributed by atoms with van der Waals surface area (Å²) in [4.78, 5) is 23.3. The van der Waals surface area contributed by atoms with E-state index in [1.54, 1.807) is 42.5 Å². The second-order valence-electron chi connectivity index (χ2n) is 4.06. The van der Waals surface area contributed by atoms with E-state index in [4.69, 9.17) is 0 Å². The molecular weight excluding hydrogens is 230 g/mol. The number of rotatable bonds is 1. The van der Waals surface area contributed by atoms with Gasteiger partial charge in [-0.2, -0.15) is 0 Å². The molecule has 0 atom stereocenters. The third-order valence-corrected chi connectivity index (χ3v) is 2.94. The van der Waals surface area contributed by atoms with Crippen molar-refractivity contribution < 1.29 is 14.7 Å². The van der Waals surface area contributed by atoms with Crippen LogP contribution in [0.3, 0.4) is 0 Å². The van der Waals surface area contributed by atoms with Crippen molar-refractivity contribution in [1.82, 2.24) is 5.32 Å². The van der Waals surface area contributed by atoms with Gasteiger partial charge < -0.3 is 5.11 Å². The predicted octanol–water partition coefficient (Wildman–Crippen LogP) is 1.94. The highest BCUT2D eigenvalue weighted by molar-refractivity contribution is 6.24. The Labute approximate surface area is 103 Å². The van der Waals surface area contributed by atoms with Gasteiger partial charge in [-0.25, -0.2) is 0 Å². The maximum atomic E-state index is 11.8. The molecule has 1 heterocycles. The van der Waals surface area contributed by atoms with Gasteiger partial charge in [0, 0.05) is 0 Å². The number of fused-ring (bicyclic) bond motifs is 1. The number of phenolic OH excluding ortho intramolecular Hbond substituents is 1. The summed E-state index contributed by atoms with van der Waals surface area (Å²) in [5.74, 6) is -0.582. The quantitative estimate of drug-likeness (QED) is 0.747. The SMILES string of the molecule is O=C1NC(=O)c2c1cccc2-c1ccc(O)cc1. The normalized spacial score (nSPS) is 13.3. The molecular formula is C14H9NO3. The Morgan fingerprint density at radius 1 is 0.833 bits per heavy atom. The van der Waals surface area contributed by atoms with Crippen LogP contribution in [-0.2, 0) is 0 Å². The van der Waals surface area contributed by atoms with Crippen molar-refractivity contribution in [2.24, 2.45) is 0 Å². The van der Waals surface area contributed by atoms with Crippen molar-refractivity contribution in [3.63, 3.8) is 0 Å². The van der Waals surface area contributed by atoms with E-state index < -0.39 is 0 Å². The van der Waals surface area contributed by atoms with Crippen LogP contribution in [0.25, 0.3) is 11.1 Å². The lowest BCUT2D eigenvalue weighted by atomic mass is 9.96. The van der Waals surface area contributed by atoms with E-state index in [-0.39, 0.29) is 17.6 Å². The molecule has 0 saturated carbocycles. The number of carbonyl (C=O) groups is 2. The van der Waals surface area contributed by atoms with Gasteiger partial charge in [-0.15, -0.1) is 0 Å². The number of hydrogen-bond acceptors (Lipinski definition) is 3. The molecule has 4 heteroatoms. The molecule has 88 valence electrons. The zero-order chi connectivity index (χ0) is 12.7. The molecule has 0 aromatic heterocycles. The van der Waals surface area contributed by atoms with Crippen molar-refractivity contribution >= 4 is 11.8 Å². The Balaban J connectivity index is 2.23. The van der Waals surface area contributed by atoms with Crippen LogP contribution < -0.4 is 5.32 Å². The van der Waals surface area contributed by atoms with Gasteiger partial charge in [-0.3, -0.25) is 14.9 Å². The van der Waals surface area contributed by atoms with Crippen molar-refractivity contribution in [3.8, 4) is 16.9 Å². The van der Waals surface area contributed by atoms with Crippen LogP contribution in [-0.4, -0.2) is 16.9 Å². The second-order valence-corrected chi connectivity index (χ2v) is 4.06. The average molecular weight is 239 g/mol. The van der Waals surface area contributed by atoms with Crippen LogP contribution in [0.5, 0.6) is 5.75 Å². The zero-order valence-electron chi connectivity index (χ0n) is 9.31. The van der Waals surface area contributed by atoms with Crippen LogP contribution in [0.4, 0.5) is 0 Å². The molecule has 2 N–H and O–H groups in total. The van der Waals surface area contributed by atoms with Crippen molar-refractivity contribution in [2.75, 3.05) is 0 Å². The number of imide groups is 1. The summed E-state index contributed by atoms with van der Waals surface area (Å²) in [7, 11) is 0. The molecule has 0 bridgehead atoms. The van der Waals surface area contributed by atoms with Gasteiger partial charge in [-0.1, -0.05) is 24.3 Å². The van der Waals surface area contributed by atoms with Crippen molar-refractivity contribution in [2.45, 2.75) is 0 Å². The first-order valence-corrected chi connectivity index (χ1v) is 5.45. The maximum Gasteiger partial charge on any atom is 0.259 e. The van der Waals surface area contributed by atoms with Crippen LogP contribution in [0.15, 0.2) is 42.5 Å². The first-order chi connectivity index (χ1) is 8.66. The Morgan fingerprint density at radius 2 is 1.50 bits per heavy atom. The van der Waals surface area contributed by atoms with E-state index in [2.05, 4.69) is 5.32 Å². The van der Waals surface area contributed by atoms with Crippen LogP contribution in [0.2, 0.25) is 0 Å². The molecule has 3 rings (SSSR count). The molecule has 2 amide bonds. The molecule has 0 unspecified atom stereocenters. The minimum atomic E-state index is -0.376. The Morgan fingerprint density at radius 3 is 2.22 bits per heavy atom. The number of phenols is 1. The monoisotopic (exact) mass is 239 g/mol. The molecule has 0 saturated heterocycles. The second kappa shape index (κ2) is 3.70. The summed E-state index contributed by atoms with van der Waals surface area (Å²) in [5.41, 5.74) is 2.27. The number of aromatic hydroxyl groups is 1. The third kappa shape index (κ3) is 1.47. The highest BCUT2D eigenvalue weighted by Crippen LogP contribution is 2.29. The van der Waals surface area contributed by atoms with E-state index >= 15 is 0 Å². The number of amides is 2. The van der Waals surface area contributed by atoms with Gasteiger partial charge in [0.25, 0.3) is 11.8 Å². The molecule has 0 fully saturated rings. The predicted molar refractivity (Wildman–Crippen MR) is 65.3 cm³/mol. The van der Waals surface area contributed by atoms with E-state index in [9.17, 15) is 14.7 Å². The van der Waals surface area contributed by atoms with Crippen LogP contribution in [0.1, 0.15) is 20.7 Å². The Bertz CT molecular complexity index is 659.